The third-order valence-corrected chi connectivity index (χ3v) is 5.20. The fourth-order valence-corrected chi connectivity index (χ4v) is 3.25. The lowest BCUT2D eigenvalue weighted by Crippen LogP contribution is -2.45. The number of nitrogens with one attached hydrogen (secondary N) is 1. The van der Waals surface area contributed by atoms with Gasteiger partial charge < -0.3 is 10.1 Å². The summed E-state index contributed by atoms with van der Waals surface area (Å²) in [5, 5.41) is 3.01. The zero-order chi connectivity index (χ0) is 17.7. The van der Waals surface area contributed by atoms with E-state index in [9.17, 15) is 9.59 Å². The minimum Gasteiger partial charge on any atom is -0.452 e. The molecule has 4 heteroatoms. The molecule has 1 aliphatic carbocycles. The summed E-state index contributed by atoms with van der Waals surface area (Å²) in [6.07, 6.45) is 3.36. The first kappa shape index (κ1) is 18.5. The molecule has 0 radical (unpaired) electrons. The van der Waals surface area contributed by atoms with E-state index in [4.69, 9.17) is 4.74 Å². The summed E-state index contributed by atoms with van der Waals surface area (Å²) < 4.78 is 5.14. The first-order valence-electron chi connectivity index (χ1n) is 8.95. The molecule has 1 aromatic rings. The van der Waals surface area contributed by atoms with Crippen LogP contribution in [0.25, 0.3) is 0 Å². The first-order valence-corrected chi connectivity index (χ1v) is 8.95. The van der Waals surface area contributed by atoms with Crippen molar-refractivity contribution in [3.05, 3.63) is 35.4 Å². The van der Waals surface area contributed by atoms with Crippen molar-refractivity contribution in [2.24, 2.45) is 11.8 Å². The summed E-state index contributed by atoms with van der Waals surface area (Å²) >= 11 is 0. The van der Waals surface area contributed by atoms with Gasteiger partial charge in [0.2, 0.25) is 0 Å². The molecule has 2 rings (SSSR count). The largest absolute Gasteiger partial charge is 0.452 e. The van der Waals surface area contributed by atoms with Crippen LogP contribution in [-0.4, -0.2) is 24.5 Å². The molecule has 0 aromatic heterocycles. The Kier molecular flexibility index (Phi) is 6.41. The molecule has 1 amide bonds. The van der Waals surface area contributed by atoms with Crippen LogP contribution in [0, 0.1) is 11.8 Å². The lowest BCUT2D eigenvalue weighted by atomic mass is 9.78. The Morgan fingerprint density at radius 1 is 1.17 bits per heavy atom. The first-order chi connectivity index (χ1) is 11.4. The minimum absolute atomic E-state index is 0.185. The summed E-state index contributed by atoms with van der Waals surface area (Å²) in [4.78, 5) is 24.1. The van der Waals surface area contributed by atoms with E-state index in [-0.39, 0.29) is 18.6 Å². The summed E-state index contributed by atoms with van der Waals surface area (Å²) in [7, 11) is 0. The predicted molar refractivity (Wildman–Crippen MR) is 94.9 cm³/mol. The van der Waals surface area contributed by atoms with Crippen molar-refractivity contribution in [2.45, 2.75) is 58.9 Å². The molecule has 1 fully saturated rings. The smallest absolute Gasteiger partial charge is 0.338 e. The second kappa shape index (κ2) is 8.32. The van der Waals surface area contributed by atoms with Crippen molar-refractivity contribution in [3.8, 4) is 0 Å². The van der Waals surface area contributed by atoms with Gasteiger partial charge in [-0.15, -0.1) is 0 Å². The highest BCUT2D eigenvalue weighted by atomic mass is 16.5. The number of carbonyl (C=O) groups excluding carboxylic acids is 2. The number of amides is 1. The second-order valence-corrected chi connectivity index (χ2v) is 7.29. The van der Waals surface area contributed by atoms with E-state index in [1.807, 2.05) is 12.1 Å². The molecule has 1 saturated carbocycles. The van der Waals surface area contributed by atoms with Crippen molar-refractivity contribution < 1.29 is 14.3 Å². The Bertz CT molecular complexity index is 565. The molecule has 0 spiro atoms. The highest BCUT2D eigenvalue weighted by Crippen LogP contribution is 2.29. The Morgan fingerprint density at radius 2 is 1.83 bits per heavy atom. The lowest BCUT2D eigenvalue weighted by molar-refractivity contribution is -0.125. The summed E-state index contributed by atoms with van der Waals surface area (Å²) in [5.41, 5.74) is 1.65. The van der Waals surface area contributed by atoms with Gasteiger partial charge in [0.1, 0.15) is 0 Å². The number of ether oxygens (including phenoxy) is 1. The van der Waals surface area contributed by atoms with Crippen molar-refractivity contribution in [1.82, 2.24) is 5.32 Å². The Morgan fingerprint density at radius 3 is 2.46 bits per heavy atom. The monoisotopic (exact) mass is 331 g/mol. The fraction of sp³-hybridized carbons (Fsp3) is 0.600. The van der Waals surface area contributed by atoms with E-state index >= 15 is 0 Å². The van der Waals surface area contributed by atoms with Gasteiger partial charge in [-0.25, -0.2) is 4.79 Å². The molecule has 0 bridgehead atoms. The quantitative estimate of drug-likeness (QED) is 0.832. The normalized spacial score (nSPS) is 23.8. The highest BCUT2D eigenvalue weighted by molar-refractivity contribution is 5.91. The van der Waals surface area contributed by atoms with Gasteiger partial charge >= 0.3 is 5.97 Å². The maximum atomic E-state index is 12.1. The van der Waals surface area contributed by atoms with Crippen molar-refractivity contribution in [1.29, 1.82) is 0 Å². The Labute approximate surface area is 145 Å². The number of hydrogen-bond donors (Lipinski definition) is 1. The maximum Gasteiger partial charge on any atom is 0.338 e. The van der Waals surface area contributed by atoms with Crippen LogP contribution in [0.3, 0.4) is 0 Å². The van der Waals surface area contributed by atoms with Crippen LogP contribution >= 0.6 is 0 Å². The van der Waals surface area contributed by atoms with Crippen molar-refractivity contribution in [2.75, 3.05) is 6.61 Å². The van der Waals surface area contributed by atoms with Gasteiger partial charge in [0.15, 0.2) is 6.61 Å². The lowest BCUT2D eigenvalue weighted by Gasteiger charge is -2.34. The van der Waals surface area contributed by atoms with Crippen LogP contribution in [0.2, 0.25) is 0 Å². The molecular formula is C20H29NO3. The van der Waals surface area contributed by atoms with Gasteiger partial charge in [0.05, 0.1) is 5.56 Å². The zero-order valence-electron chi connectivity index (χ0n) is 15.2. The Hall–Kier alpha value is -1.84. The van der Waals surface area contributed by atoms with E-state index in [1.54, 1.807) is 12.1 Å². The predicted octanol–water partition coefficient (Wildman–Crippen LogP) is 3.91. The van der Waals surface area contributed by atoms with Crippen LogP contribution in [0.1, 0.15) is 68.8 Å². The van der Waals surface area contributed by atoms with Gasteiger partial charge in [-0.1, -0.05) is 52.7 Å². The van der Waals surface area contributed by atoms with Crippen LogP contribution in [0.15, 0.2) is 24.3 Å². The fourth-order valence-electron chi connectivity index (χ4n) is 3.25. The molecular weight excluding hydrogens is 302 g/mol. The Balaban J connectivity index is 1.81. The van der Waals surface area contributed by atoms with Crippen LogP contribution in [0.5, 0.6) is 0 Å². The number of hydrogen-bond acceptors (Lipinski definition) is 3. The molecule has 0 unspecified atom stereocenters. The van der Waals surface area contributed by atoms with Crippen LogP contribution in [-0.2, 0) is 9.53 Å². The topological polar surface area (TPSA) is 55.4 Å². The van der Waals surface area contributed by atoms with E-state index in [0.717, 1.165) is 12.8 Å². The number of esters is 1. The molecule has 24 heavy (non-hydrogen) atoms. The average molecular weight is 331 g/mol. The summed E-state index contributed by atoms with van der Waals surface area (Å²) in [6.45, 7) is 8.39. The molecule has 1 N–H and O–H groups in total. The molecule has 3 atom stereocenters. The van der Waals surface area contributed by atoms with E-state index in [1.165, 1.54) is 12.0 Å². The van der Waals surface area contributed by atoms with E-state index in [0.29, 0.717) is 23.3 Å². The van der Waals surface area contributed by atoms with E-state index in [2.05, 4.69) is 33.0 Å². The third-order valence-electron chi connectivity index (χ3n) is 5.20. The third kappa shape index (κ3) is 4.83. The van der Waals surface area contributed by atoms with Crippen molar-refractivity contribution in [3.63, 3.8) is 0 Å². The molecule has 132 valence electrons. The average Bonchev–Trinajstić information content (AvgIpc) is 2.57. The number of benzene rings is 1. The highest BCUT2D eigenvalue weighted by Gasteiger charge is 2.28. The maximum absolute atomic E-state index is 12.1. The van der Waals surface area contributed by atoms with Gasteiger partial charge in [-0.3, -0.25) is 4.79 Å². The second-order valence-electron chi connectivity index (χ2n) is 7.29. The van der Waals surface area contributed by atoms with Gasteiger partial charge in [0, 0.05) is 6.04 Å². The minimum atomic E-state index is -0.453. The zero-order valence-corrected chi connectivity index (χ0v) is 15.2. The van der Waals surface area contributed by atoms with Gasteiger partial charge in [-0.2, -0.15) is 0 Å². The molecule has 0 aliphatic heterocycles. The molecule has 4 nitrogen and oxygen atoms in total. The van der Waals surface area contributed by atoms with Crippen LogP contribution in [0.4, 0.5) is 0 Å². The SMILES string of the molecule is CC(C)c1ccc(C(=O)OCC(=O)N[C@@H]2CCC[C@H](C)[C@@H]2C)cc1. The van der Waals surface area contributed by atoms with Gasteiger partial charge in [-0.05, 0) is 41.9 Å². The van der Waals surface area contributed by atoms with Gasteiger partial charge in [0.25, 0.3) is 5.91 Å². The van der Waals surface area contributed by atoms with E-state index < -0.39 is 5.97 Å². The molecule has 0 heterocycles. The standard InChI is InChI=1S/C20H29NO3/c1-13(2)16-8-10-17(11-9-16)20(23)24-12-19(22)21-18-7-5-6-14(3)15(18)4/h8-11,13-15,18H,5-7,12H2,1-4H3,(H,21,22)/t14-,15-,18+/m0/s1. The van der Waals surface area contributed by atoms with Crippen molar-refractivity contribution >= 4 is 11.9 Å². The number of carbonyl (C=O) groups is 2. The molecule has 1 aromatic carbocycles. The number of rotatable bonds is 5. The molecule has 1 aliphatic rings. The summed E-state index contributed by atoms with van der Waals surface area (Å²) in [6, 6.07) is 7.53. The summed E-state index contributed by atoms with van der Waals surface area (Å²) in [5.74, 6) is 0.826. The molecule has 0 saturated heterocycles. The van der Waals surface area contributed by atoms with Crippen LogP contribution < -0.4 is 5.32 Å².